The summed E-state index contributed by atoms with van der Waals surface area (Å²) in [5.74, 6) is -0.156. The number of pyridine rings is 1. The maximum atomic E-state index is 11.2. The number of aromatic carboxylic acids is 1. The molecule has 0 bridgehead atoms. The summed E-state index contributed by atoms with van der Waals surface area (Å²) in [4.78, 5) is 15.2. The summed E-state index contributed by atoms with van der Waals surface area (Å²) in [6.45, 7) is 0. The standard InChI is InChI=1S/C17H17NO2/c19-17(20)16-9-10-18-11-14(16)8-7-12-3-1-2-4-15(12)13-5-6-13/h1-4,9-11,13H,5-8H2,(H,19,20). The van der Waals surface area contributed by atoms with Crippen LogP contribution in [0.2, 0.25) is 0 Å². The largest absolute Gasteiger partial charge is 0.478 e. The van der Waals surface area contributed by atoms with Crippen LogP contribution in [-0.4, -0.2) is 16.1 Å². The first kappa shape index (κ1) is 12.9. The molecule has 1 saturated carbocycles. The molecule has 0 saturated heterocycles. The minimum atomic E-state index is -0.877. The summed E-state index contributed by atoms with van der Waals surface area (Å²) >= 11 is 0. The molecule has 0 aliphatic heterocycles. The van der Waals surface area contributed by atoms with Crippen molar-refractivity contribution in [2.24, 2.45) is 0 Å². The van der Waals surface area contributed by atoms with Crippen LogP contribution in [0.4, 0.5) is 0 Å². The fourth-order valence-electron chi connectivity index (χ4n) is 2.66. The lowest BCUT2D eigenvalue weighted by Gasteiger charge is -2.09. The van der Waals surface area contributed by atoms with Crippen LogP contribution in [0.5, 0.6) is 0 Å². The van der Waals surface area contributed by atoms with Gasteiger partial charge in [-0.2, -0.15) is 0 Å². The summed E-state index contributed by atoms with van der Waals surface area (Å²) in [6.07, 6.45) is 7.36. The molecule has 3 rings (SSSR count). The van der Waals surface area contributed by atoms with E-state index in [-0.39, 0.29) is 0 Å². The summed E-state index contributed by atoms with van der Waals surface area (Å²) in [5.41, 5.74) is 3.96. The van der Waals surface area contributed by atoms with Gasteiger partial charge in [-0.1, -0.05) is 24.3 Å². The quantitative estimate of drug-likeness (QED) is 0.902. The number of aryl methyl sites for hydroxylation is 2. The van der Waals surface area contributed by atoms with Gasteiger partial charge in [-0.3, -0.25) is 4.98 Å². The number of carboxylic acid groups (broad SMARTS) is 1. The van der Waals surface area contributed by atoms with Crippen LogP contribution in [0.15, 0.2) is 42.7 Å². The fourth-order valence-corrected chi connectivity index (χ4v) is 2.66. The van der Waals surface area contributed by atoms with Crippen molar-refractivity contribution in [1.29, 1.82) is 0 Å². The van der Waals surface area contributed by atoms with Gasteiger partial charge < -0.3 is 5.11 Å². The lowest BCUT2D eigenvalue weighted by Crippen LogP contribution is -2.05. The van der Waals surface area contributed by atoms with Gasteiger partial charge in [-0.25, -0.2) is 4.79 Å². The third kappa shape index (κ3) is 2.72. The summed E-state index contributed by atoms with van der Waals surface area (Å²) in [7, 11) is 0. The highest BCUT2D eigenvalue weighted by Gasteiger charge is 2.25. The Balaban J connectivity index is 1.79. The number of hydrogen-bond acceptors (Lipinski definition) is 2. The van der Waals surface area contributed by atoms with E-state index in [1.165, 1.54) is 30.2 Å². The molecular formula is C17H17NO2. The Labute approximate surface area is 118 Å². The molecular weight excluding hydrogens is 250 g/mol. The van der Waals surface area contributed by atoms with Crippen molar-refractivity contribution in [3.63, 3.8) is 0 Å². The van der Waals surface area contributed by atoms with Crippen LogP contribution in [-0.2, 0) is 12.8 Å². The number of nitrogens with zero attached hydrogens (tertiary/aromatic N) is 1. The Morgan fingerprint density at radius 2 is 1.90 bits per heavy atom. The van der Waals surface area contributed by atoms with Gasteiger partial charge in [-0.15, -0.1) is 0 Å². The molecule has 0 atom stereocenters. The average molecular weight is 267 g/mol. The molecule has 0 spiro atoms. The molecule has 0 unspecified atom stereocenters. The van der Waals surface area contributed by atoms with Crippen LogP contribution in [0, 0.1) is 0 Å². The molecule has 0 amide bonds. The molecule has 1 aromatic heterocycles. The van der Waals surface area contributed by atoms with Crippen LogP contribution < -0.4 is 0 Å². The monoisotopic (exact) mass is 267 g/mol. The first-order chi connectivity index (χ1) is 9.75. The topological polar surface area (TPSA) is 50.2 Å². The molecule has 1 N–H and O–H groups in total. The Hall–Kier alpha value is -2.16. The molecule has 1 heterocycles. The van der Waals surface area contributed by atoms with Gasteiger partial charge in [-0.05, 0) is 54.4 Å². The van der Waals surface area contributed by atoms with E-state index in [1.54, 1.807) is 12.3 Å². The van der Waals surface area contributed by atoms with Gasteiger partial charge in [0.2, 0.25) is 0 Å². The van der Waals surface area contributed by atoms with Crippen LogP contribution in [0.1, 0.15) is 45.8 Å². The Morgan fingerprint density at radius 1 is 1.15 bits per heavy atom. The van der Waals surface area contributed by atoms with Crippen molar-refractivity contribution >= 4 is 5.97 Å². The van der Waals surface area contributed by atoms with E-state index in [0.717, 1.165) is 24.3 Å². The first-order valence-corrected chi connectivity index (χ1v) is 6.99. The fraction of sp³-hybridized carbons (Fsp3) is 0.294. The van der Waals surface area contributed by atoms with Crippen molar-refractivity contribution < 1.29 is 9.90 Å². The molecule has 0 radical (unpaired) electrons. The molecule has 3 heteroatoms. The van der Waals surface area contributed by atoms with E-state index >= 15 is 0 Å². The van der Waals surface area contributed by atoms with Crippen molar-refractivity contribution in [2.75, 3.05) is 0 Å². The van der Waals surface area contributed by atoms with E-state index < -0.39 is 5.97 Å². The highest BCUT2D eigenvalue weighted by Crippen LogP contribution is 2.41. The van der Waals surface area contributed by atoms with Gasteiger partial charge in [0.05, 0.1) is 5.56 Å². The second kappa shape index (κ2) is 5.45. The van der Waals surface area contributed by atoms with Gasteiger partial charge in [0.25, 0.3) is 0 Å². The summed E-state index contributed by atoms with van der Waals surface area (Å²) in [5, 5.41) is 9.19. The number of rotatable bonds is 5. The van der Waals surface area contributed by atoms with E-state index in [2.05, 4.69) is 29.2 Å². The van der Waals surface area contributed by atoms with Gasteiger partial charge in [0.15, 0.2) is 0 Å². The normalized spacial score (nSPS) is 14.2. The number of benzene rings is 1. The first-order valence-electron chi connectivity index (χ1n) is 6.99. The SMILES string of the molecule is O=C(O)c1ccncc1CCc1ccccc1C1CC1. The minimum absolute atomic E-state index is 0.365. The Kier molecular flexibility index (Phi) is 3.50. The van der Waals surface area contributed by atoms with E-state index in [1.807, 2.05) is 0 Å². The summed E-state index contributed by atoms with van der Waals surface area (Å²) in [6, 6.07) is 10.1. The minimum Gasteiger partial charge on any atom is -0.478 e. The Morgan fingerprint density at radius 3 is 2.65 bits per heavy atom. The molecule has 102 valence electrons. The molecule has 1 aromatic carbocycles. The maximum absolute atomic E-state index is 11.2. The van der Waals surface area contributed by atoms with Crippen LogP contribution in [0.3, 0.4) is 0 Å². The third-order valence-corrected chi connectivity index (χ3v) is 3.87. The van der Waals surface area contributed by atoms with Crippen LogP contribution >= 0.6 is 0 Å². The van der Waals surface area contributed by atoms with Crippen molar-refractivity contribution in [3.05, 3.63) is 65.0 Å². The molecule has 3 nitrogen and oxygen atoms in total. The molecule has 1 aliphatic rings. The van der Waals surface area contributed by atoms with Crippen LogP contribution in [0.25, 0.3) is 0 Å². The van der Waals surface area contributed by atoms with Gasteiger partial charge in [0, 0.05) is 12.4 Å². The van der Waals surface area contributed by atoms with Gasteiger partial charge >= 0.3 is 5.97 Å². The zero-order chi connectivity index (χ0) is 13.9. The molecule has 1 fully saturated rings. The predicted molar refractivity (Wildman–Crippen MR) is 77.0 cm³/mol. The number of carboxylic acids is 1. The summed E-state index contributed by atoms with van der Waals surface area (Å²) < 4.78 is 0. The van der Waals surface area contributed by atoms with E-state index in [9.17, 15) is 9.90 Å². The number of carbonyl (C=O) groups is 1. The lowest BCUT2D eigenvalue weighted by atomic mass is 9.96. The van der Waals surface area contributed by atoms with Gasteiger partial charge in [0.1, 0.15) is 0 Å². The zero-order valence-electron chi connectivity index (χ0n) is 11.2. The molecule has 1 aliphatic carbocycles. The molecule has 20 heavy (non-hydrogen) atoms. The lowest BCUT2D eigenvalue weighted by molar-refractivity contribution is 0.0695. The maximum Gasteiger partial charge on any atom is 0.336 e. The smallest absolute Gasteiger partial charge is 0.336 e. The van der Waals surface area contributed by atoms with E-state index in [0.29, 0.717) is 5.56 Å². The average Bonchev–Trinajstić information content (AvgIpc) is 3.30. The number of aromatic nitrogens is 1. The third-order valence-electron chi connectivity index (χ3n) is 3.87. The second-order valence-electron chi connectivity index (χ2n) is 5.31. The van der Waals surface area contributed by atoms with Crippen molar-refractivity contribution in [2.45, 2.75) is 31.6 Å². The zero-order valence-corrected chi connectivity index (χ0v) is 11.2. The highest BCUT2D eigenvalue weighted by atomic mass is 16.4. The Bertz CT molecular complexity index is 632. The van der Waals surface area contributed by atoms with Crippen molar-refractivity contribution in [1.82, 2.24) is 4.98 Å². The number of hydrogen-bond donors (Lipinski definition) is 1. The highest BCUT2D eigenvalue weighted by molar-refractivity contribution is 5.89. The van der Waals surface area contributed by atoms with E-state index in [4.69, 9.17) is 0 Å². The second-order valence-corrected chi connectivity index (χ2v) is 5.31. The molecule has 2 aromatic rings. The van der Waals surface area contributed by atoms with Crippen molar-refractivity contribution in [3.8, 4) is 0 Å². The predicted octanol–water partition coefficient (Wildman–Crippen LogP) is 3.44.